The summed E-state index contributed by atoms with van der Waals surface area (Å²) in [6, 6.07) is 19.7. The summed E-state index contributed by atoms with van der Waals surface area (Å²) in [6.45, 7) is 5.23. The van der Waals surface area contributed by atoms with E-state index in [-0.39, 0.29) is 23.2 Å². The zero-order valence-electron chi connectivity index (χ0n) is 22.7. The Morgan fingerprint density at radius 1 is 1.00 bits per heavy atom. The molecule has 0 atom stereocenters. The number of aromatic nitrogens is 1. The highest BCUT2D eigenvalue weighted by Crippen LogP contribution is 2.33. The number of hydrogen-bond acceptors (Lipinski definition) is 8. The summed E-state index contributed by atoms with van der Waals surface area (Å²) in [7, 11) is -2.01. The van der Waals surface area contributed by atoms with Crippen molar-refractivity contribution in [2.75, 3.05) is 62.1 Å². The number of hydrogen-bond donors (Lipinski definition) is 1. The summed E-state index contributed by atoms with van der Waals surface area (Å²) in [6.07, 6.45) is 0.697. The number of sulfonamides is 1. The van der Waals surface area contributed by atoms with Gasteiger partial charge in [0, 0.05) is 51.4 Å². The highest BCUT2D eigenvalue weighted by Gasteiger charge is 2.30. The zero-order chi connectivity index (χ0) is 27.7. The molecule has 12 heteroatoms. The Morgan fingerprint density at radius 2 is 1.76 bits per heavy atom. The van der Waals surface area contributed by atoms with Crippen molar-refractivity contribution in [2.24, 2.45) is 0 Å². The van der Waals surface area contributed by atoms with E-state index in [2.05, 4.69) is 15.1 Å². The predicted molar refractivity (Wildman–Crippen MR) is 166 cm³/mol. The van der Waals surface area contributed by atoms with Gasteiger partial charge in [0.2, 0.25) is 0 Å². The summed E-state index contributed by atoms with van der Waals surface area (Å²) < 4.78 is 34.3. The Labute approximate surface area is 250 Å². The van der Waals surface area contributed by atoms with E-state index < -0.39 is 10.0 Å². The molecule has 0 radical (unpaired) electrons. The Hall–Kier alpha value is -3.38. The largest absolute Gasteiger partial charge is 0.497 e. The van der Waals surface area contributed by atoms with Gasteiger partial charge in [0.15, 0.2) is 5.13 Å². The molecule has 216 valence electrons. The van der Waals surface area contributed by atoms with Gasteiger partial charge in [-0.2, -0.15) is 0 Å². The van der Waals surface area contributed by atoms with Crippen molar-refractivity contribution < 1.29 is 17.9 Å². The molecule has 0 bridgehead atoms. The zero-order valence-corrected chi connectivity index (χ0v) is 25.1. The number of para-hydroxylation sites is 1. The highest BCUT2D eigenvalue weighted by molar-refractivity contribution is 7.92. The summed E-state index contributed by atoms with van der Waals surface area (Å²) in [5.74, 6) is 0.628. The Morgan fingerprint density at radius 3 is 2.51 bits per heavy atom. The maximum atomic E-state index is 13.2. The molecule has 1 amide bonds. The maximum absolute atomic E-state index is 13.2. The van der Waals surface area contributed by atoms with Crippen LogP contribution in [0.15, 0.2) is 71.6 Å². The normalized spacial score (nSPS) is 15.4. The molecule has 4 aromatic rings. The average molecular weight is 614 g/mol. The first-order chi connectivity index (χ1) is 19.4. The van der Waals surface area contributed by atoms with Gasteiger partial charge in [-0.3, -0.25) is 14.0 Å². The lowest BCUT2D eigenvalue weighted by molar-refractivity contribution is 0.0947. The first kappa shape index (κ1) is 29.1. The standard InChI is InChI=1S/C29H31N5O4S2.ClH/c1-38-23-8-11-25-27(20-23)39-29(31-25)33-18-16-32(17-19-33)15-13-30-28(35)22-6-9-24(10-7-22)40(36,37)34-14-12-21-4-2-3-5-26(21)34;/h2-11,20H,12-19H2,1H3,(H,30,35);1H. The lowest BCUT2D eigenvalue weighted by Gasteiger charge is -2.34. The van der Waals surface area contributed by atoms with Gasteiger partial charge in [-0.05, 0) is 60.5 Å². The minimum absolute atomic E-state index is 0. The number of rotatable bonds is 8. The van der Waals surface area contributed by atoms with Gasteiger partial charge in [-0.1, -0.05) is 29.5 Å². The van der Waals surface area contributed by atoms with Crippen LogP contribution in [0.25, 0.3) is 10.2 Å². The molecule has 2 aliphatic heterocycles. The molecule has 6 rings (SSSR count). The fraction of sp³-hybridized carbons (Fsp3) is 0.310. The van der Waals surface area contributed by atoms with Crippen LogP contribution in [0, 0.1) is 0 Å². The quantitative estimate of drug-likeness (QED) is 0.321. The van der Waals surface area contributed by atoms with Gasteiger partial charge in [0.25, 0.3) is 15.9 Å². The monoisotopic (exact) mass is 613 g/mol. The molecule has 0 saturated carbocycles. The third-order valence-corrected chi connectivity index (χ3v) is 10.4. The first-order valence-electron chi connectivity index (χ1n) is 13.3. The Bertz CT molecular complexity index is 1640. The van der Waals surface area contributed by atoms with Crippen molar-refractivity contribution in [3.8, 4) is 5.75 Å². The number of carbonyl (C=O) groups excluding carboxylic acids is 1. The van der Waals surface area contributed by atoms with Crippen molar-refractivity contribution in [2.45, 2.75) is 11.3 Å². The molecule has 41 heavy (non-hydrogen) atoms. The molecular formula is C29H32ClN5O4S2. The van der Waals surface area contributed by atoms with Crippen LogP contribution in [0.2, 0.25) is 0 Å². The Balaban J connectivity index is 0.00000337. The number of piperazine rings is 1. The SMILES string of the molecule is COc1ccc2nc(N3CCN(CCNC(=O)c4ccc(S(=O)(=O)N5CCc6ccccc65)cc4)CC3)sc2c1.Cl. The van der Waals surface area contributed by atoms with E-state index in [1.807, 2.05) is 42.5 Å². The number of amides is 1. The van der Waals surface area contributed by atoms with Gasteiger partial charge >= 0.3 is 0 Å². The molecule has 3 aromatic carbocycles. The van der Waals surface area contributed by atoms with Gasteiger partial charge < -0.3 is 15.0 Å². The lowest BCUT2D eigenvalue weighted by atomic mass is 10.2. The Kier molecular flexibility index (Phi) is 8.69. The predicted octanol–water partition coefficient (Wildman–Crippen LogP) is 4.03. The van der Waals surface area contributed by atoms with Crippen LogP contribution in [0.3, 0.4) is 0 Å². The van der Waals surface area contributed by atoms with E-state index in [1.54, 1.807) is 30.6 Å². The van der Waals surface area contributed by atoms with E-state index in [9.17, 15) is 13.2 Å². The lowest BCUT2D eigenvalue weighted by Crippen LogP contribution is -2.48. The second kappa shape index (κ2) is 12.2. The molecule has 0 unspecified atom stereocenters. The number of anilines is 2. The summed E-state index contributed by atoms with van der Waals surface area (Å²) in [5, 5.41) is 3.99. The van der Waals surface area contributed by atoms with Crippen molar-refractivity contribution in [3.05, 3.63) is 77.9 Å². The number of benzene rings is 3. The molecule has 9 nitrogen and oxygen atoms in total. The number of thiazole rings is 1. The molecule has 1 N–H and O–H groups in total. The van der Waals surface area contributed by atoms with Crippen LogP contribution in [-0.4, -0.2) is 77.1 Å². The average Bonchev–Trinajstić information content (AvgIpc) is 3.62. The smallest absolute Gasteiger partial charge is 0.264 e. The van der Waals surface area contributed by atoms with E-state index in [0.29, 0.717) is 25.1 Å². The maximum Gasteiger partial charge on any atom is 0.264 e. The fourth-order valence-electron chi connectivity index (χ4n) is 5.21. The third kappa shape index (κ3) is 5.99. The van der Waals surface area contributed by atoms with Crippen LogP contribution < -0.4 is 19.3 Å². The van der Waals surface area contributed by atoms with Crippen LogP contribution in [0.1, 0.15) is 15.9 Å². The number of halogens is 1. The molecule has 3 heterocycles. The van der Waals surface area contributed by atoms with Crippen LogP contribution in [0.5, 0.6) is 5.75 Å². The minimum atomic E-state index is -3.68. The third-order valence-electron chi connectivity index (χ3n) is 7.49. The van der Waals surface area contributed by atoms with Crippen molar-refractivity contribution in [3.63, 3.8) is 0 Å². The second-order valence-corrected chi connectivity index (χ2v) is 12.8. The van der Waals surface area contributed by atoms with E-state index in [1.165, 1.54) is 16.4 Å². The molecule has 1 saturated heterocycles. The molecule has 2 aliphatic rings. The molecule has 1 aromatic heterocycles. The van der Waals surface area contributed by atoms with Crippen molar-refractivity contribution >= 4 is 60.7 Å². The summed E-state index contributed by atoms with van der Waals surface area (Å²) >= 11 is 1.68. The van der Waals surface area contributed by atoms with E-state index in [4.69, 9.17) is 9.72 Å². The summed E-state index contributed by atoms with van der Waals surface area (Å²) in [5.41, 5.74) is 3.18. The van der Waals surface area contributed by atoms with Gasteiger partial charge in [-0.25, -0.2) is 13.4 Å². The molecule has 1 fully saturated rings. The number of nitrogens with zero attached hydrogens (tertiary/aromatic N) is 4. The second-order valence-electron chi connectivity index (χ2n) is 9.89. The highest BCUT2D eigenvalue weighted by atomic mass is 35.5. The van der Waals surface area contributed by atoms with E-state index >= 15 is 0 Å². The topological polar surface area (TPSA) is 95.1 Å². The van der Waals surface area contributed by atoms with Gasteiger partial charge in [0.1, 0.15) is 5.75 Å². The van der Waals surface area contributed by atoms with Crippen LogP contribution in [0.4, 0.5) is 10.8 Å². The number of methoxy groups -OCH3 is 1. The molecule has 0 spiro atoms. The summed E-state index contributed by atoms with van der Waals surface area (Å²) in [4.78, 5) is 22.3. The number of nitrogens with one attached hydrogen (secondary N) is 1. The number of ether oxygens (including phenoxy) is 1. The van der Waals surface area contributed by atoms with Gasteiger partial charge in [-0.15, -0.1) is 12.4 Å². The molecular weight excluding hydrogens is 582 g/mol. The van der Waals surface area contributed by atoms with Crippen LogP contribution >= 0.6 is 23.7 Å². The van der Waals surface area contributed by atoms with Crippen molar-refractivity contribution in [1.29, 1.82) is 0 Å². The first-order valence-corrected chi connectivity index (χ1v) is 15.6. The number of carbonyl (C=O) groups is 1. The van der Waals surface area contributed by atoms with Gasteiger partial charge in [0.05, 0.1) is 27.9 Å². The van der Waals surface area contributed by atoms with Crippen LogP contribution in [-0.2, 0) is 16.4 Å². The van der Waals surface area contributed by atoms with Crippen molar-refractivity contribution in [1.82, 2.24) is 15.2 Å². The van der Waals surface area contributed by atoms with E-state index in [0.717, 1.165) is 65.1 Å². The minimum Gasteiger partial charge on any atom is -0.497 e. The molecule has 0 aliphatic carbocycles. The fourth-order valence-corrected chi connectivity index (χ4v) is 7.76. The number of fused-ring (bicyclic) bond motifs is 2.